The molecule has 24 heavy (non-hydrogen) atoms. The molecule has 0 saturated carbocycles. The Hall–Kier alpha value is -2.67. The highest BCUT2D eigenvalue weighted by Gasteiger charge is 2.19. The average molecular weight is 347 g/mol. The first kappa shape index (κ1) is 17.7. The summed E-state index contributed by atoms with van der Waals surface area (Å²) >= 11 is 0. The molecule has 0 atom stereocenters. The summed E-state index contributed by atoms with van der Waals surface area (Å²) in [5.74, 6) is -0.854. The van der Waals surface area contributed by atoms with Gasteiger partial charge in [0.25, 0.3) is 10.0 Å². The number of ketones is 1. The smallest absolute Gasteiger partial charge is 0.340 e. The van der Waals surface area contributed by atoms with E-state index in [-0.39, 0.29) is 34.1 Å². The zero-order valence-corrected chi connectivity index (χ0v) is 14.1. The molecule has 0 bridgehead atoms. The van der Waals surface area contributed by atoms with Crippen molar-refractivity contribution < 1.29 is 22.7 Å². The lowest BCUT2D eigenvalue weighted by molar-refractivity contribution is 0.0527. The lowest BCUT2D eigenvalue weighted by Crippen LogP contribution is -2.16. The van der Waals surface area contributed by atoms with Gasteiger partial charge in [-0.2, -0.15) is 0 Å². The second-order valence-electron chi connectivity index (χ2n) is 4.96. The molecule has 1 N–H and O–H groups in total. The molecule has 2 rings (SSSR count). The summed E-state index contributed by atoms with van der Waals surface area (Å²) in [6, 6.07) is 11.9. The van der Waals surface area contributed by atoms with Crippen LogP contribution < -0.4 is 4.72 Å². The fourth-order valence-electron chi connectivity index (χ4n) is 2.04. The Morgan fingerprint density at radius 2 is 1.79 bits per heavy atom. The van der Waals surface area contributed by atoms with Crippen molar-refractivity contribution in [3.8, 4) is 0 Å². The fraction of sp³-hybridized carbons (Fsp3) is 0.176. The monoisotopic (exact) mass is 347 g/mol. The van der Waals surface area contributed by atoms with E-state index in [0.29, 0.717) is 0 Å². The molecule has 0 spiro atoms. The van der Waals surface area contributed by atoms with Gasteiger partial charge < -0.3 is 4.74 Å². The number of carbonyl (C=O) groups is 2. The van der Waals surface area contributed by atoms with E-state index >= 15 is 0 Å². The van der Waals surface area contributed by atoms with Crippen molar-refractivity contribution in [2.24, 2.45) is 0 Å². The fourth-order valence-corrected chi connectivity index (χ4v) is 3.17. The van der Waals surface area contributed by atoms with Gasteiger partial charge in [0.15, 0.2) is 5.78 Å². The highest BCUT2D eigenvalue weighted by Crippen LogP contribution is 2.21. The standard InChI is InChI=1S/C17H17NO5S/c1-3-23-17(20)15-9-4-5-10-16(15)18-24(21,22)14-8-6-7-13(11-14)12(2)19/h4-11,18H,3H2,1-2H3. The van der Waals surface area contributed by atoms with E-state index in [1.54, 1.807) is 19.1 Å². The normalized spacial score (nSPS) is 10.9. The number of nitrogens with one attached hydrogen (secondary N) is 1. The van der Waals surface area contributed by atoms with Gasteiger partial charge >= 0.3 is 5.97 Å². The summed E-state index contributed by atoms with van der Waals surface area (Å²) < 4.78 is 32.4. The van der Waals surface area contributed by atoms with Crippen molar-refractivity contribution in [3.05, 3.63) is 59.7 Å². The predicted molar refractivity (Wildman–Crippen MR) is 89.7 cm³/mol. The Morgan fingerprint density at radius 1 is 1.08 bits per heavy atom. The Bertz CT molecular complexity index is 874. The molecule has 0 amide bonds. The third kappa shape index (κ3) is 3.99. The van der Waals surface area contributed by atoms with Gasteiger partial charge in [-0.1, -0.05) is 24.3 Å². The van der Waals surface area contributed by atoms with Crippen molar-refractivity contribution in [2.45, 2.75) is 18.7 Å². The first-order valence-electron chi connectivity index (χ1n) is 7.25. The molecule has 0 unspecified atom stereocenters. The number of carbonyl (C=O) groups excluding carboxylic acids is 2. The highest BCUT2D eigenvalue weighted by molar-refractivity contribution is 7.92. The molecule has 2 aromatic rings. The highest BCUT2D eigenvalue weighted by atomic mass is 32.2. The maximum atomic E-state index is 12.5. The number of esters is 1. The van der Waals surface area contributed by atoms with Crippen LogP contribution in [0.15, 0.2) is 53.4 Å². The molecule has 0 aliphatic heterocycles. The molecule has 0 aliphatic carbocycles. The van der Waals surface area contributed by atoms with Crippen molar-refractivity contribution in [1.29, 1.82) is 0 Å². The van der Waals surface area contributed by atoms with Gasteiger partial charge in [-0.25, -0.2) is 13.2 Å². The lowest BCUT2D eigenvalue weighted by atomic mass is 10.2. The number of benzene rings is 2. The Balaban J connectivity index is 2.38. The zero-order chi connectivity index (χ0) is 17.7. The first-order chi connectivity index (χ1) is 11.3. The molecule has 2 aromatic carbocycles. The number of ether oxygens (including phenoxy) is 1. The minimum absolute atomic E-state index is 0.0612. The van der Waals surface area contributed by atoms with Crippen LogP contribution in [0, 0.1) is 0 Å². The number of sulfonamides is 1. The van der Waals surface area contributed by atoms with E-state index in [1.807, 2.05) is 0 Å². The third-order valence-corrected chi connectivity index (χ3v) is 4.58. The molecule has 0 heterocycles. The molecule has 0 saturated heterocycles. The summed E-state index contributed by atoms with van der Waals surface area (Å²) in [5.41, 5.74) is 0.520. The van der Waals surface area contributed by atoms with Crippen molar-refractivity contribution >= 4 is 27.5 Å². The van der Waals surface area contributed by atoms with Gasteiger partial charge in [-0.15, -0.1) is 0 Å². The number of hydrogen-bond donors (Lipinski definition) is 1. The van der Waals surface area contributed by atoms with Gasteiger partial charge in [0.2, 0.25) is 0 Å². The number of Topliss-reactive ketones (excluding diaryl/α,β-unsaturated/α-hetero) is 1. The molecule has 0 fully saturated rings. The second-order valence-corrected chi connectivity index (χ2v) is 6.64. The van der Waals surface area contributed by atoms with Crippen LogP contribution in [0.25, 0.3) is 0 Å². The van der Waals surface area contributed by atoms with E-state index in [2.05, 4.69) is 4.72 Å². The third-order valence-electron chi connectivity index (χ3n) is 3.22. The van der Waals surface area contributed by atoms with Crippen LogP contribution in [0.4, 0.5) is 5.69 Å². The summed E-state index contributed by atoms with van der Waals surface area (Å²) in [7, 11) is -3.95. The number of anilines is 1. The van der Waals surface area contributed by atoms with Gasteiger partial charge in [0.05, 0.1) is 22.8 Å². The molecule has 126 valence electrons. The summed E-state index contributed by atoms with van der Waals surface area (Å²) in [6.07, 6.45) is 0. The summed E-state index contributed by atoms with van der Waals surface area (Å²) in [6.45, 7) is 3.20. The van der Waals surface area contributed by atoms with Crippen molar-refractivity contribution in [1.82, 2.24) is 0 Å². The maximum Gasteiger partial charge on any atom is 0.340 e. The van der Waals surface area contributed by atoms with E-state index in [0.717, 1.165) is 0 Å². The molecular formula is C17H17NO5S. The molecule has 0 aliphatic rings. The average Bonchev–Trinajstić information content (AvgIpc) is 2.55. The largest absolute Gasteiger partial charge is 0.462 e. The molecular weight excluding hydrogens is 330 g/mol. The topological polar surface area (TPSA) is 89.5 Å². The van der Waals surface area contributed by atoms with Crippen LogP contribution in [-0.4, -0.2) is 26.8 Å². The Labute approximate surface area is 140 Å². The van der Waals surface area contributed by atoms with E-state index < -0.39 is 16.0 Å². The lowest BCUT2D eigenvalue weighted by Gasteiger charge is -2.12. The van der Waals surface area contributed by atoms with Crippen LogP contribution in [-0.2, 0) is 14.8 Å². The van der Waals surface area contributed by atoms with Crippen LogP contribution in [0.1, 0.15) is 34.6 Å². The van der Waals surface area contributed by atoms with E-state index in [4.69, 9.17) is 4.74 Å². The van der Waals surface area contributed by atoms with Crippen LogP contribution in [0.3, 0.4) is 0 Å². The van der Waals surface area contributed by atoms with Crippen LogP contribution in [0.5, 0.6) is 0 Å². The molecule has 6 nitrogen and oxygen atoms in total. The van der Waals surface area contributed by atoms with Crippen LogP contribution in [0.2, 0.25) is 0 Å². The number of rotatable bonds is 6. The SMILES string of the molecule is CCOC(=O)c1ccccc1NS(=O)(=O)c1cccc(C(C)=O)c1. The first-order valence-corrected chi connectivity index (χ1v) is 8.73. The van der Waals surface area contributed by atoms with E-state index in [9.17, 15) is 18.0 Å². The summed E-state index contributed by atoms with van der Waals surface area (Å²) in [5, 5.41) is 0. The van der Waals surface area contributed by atoms with Crippen molar-refractivity contribution in [2.75, 3.05) is 11.3 Å². The van der Waals surface area contributed by atoms with Crippen LogP contribution >= 0.6 is 0 Å². The molecule has 0 radical (unpaired) electrons. The number of para-hydroxylation sites is 1. The molecule has 7 heteroatoms. The van der Waals surface area contributed by atoms with Gasteiger partial charge in [-0.05, 0) is 38.1 Å². The summed E-state index contributed by atoms with van der Waals surface area (Å²) in [4.78, 5) is 23.3. The quantitative estimate of drug-likeness (QED) is 0.641. The van der Waals surface area contributed by atoms with Crippen molar-refractivity contribution in [3.63, 3.8) is 0 Å². The van der Waals surface area contributed by atoms with Gasteiger partial charge in [-0.3, -0.25) is 9.52 Å². The maximum absolute atomic E-state index is 12.5. The Kier molecular flexibility index (Phi) is 5.35. The van der Waals surface area contributed by atoms with E-state index in [1.165, 1.54) is 43.3 Å². The minimum Gasteiger partial charge on any atom is -0.462 e. The Morgan fingerprint density at radius 3 is 2.46 bits per heavy atom. The second kappa shape index (κ2) is 7.27. The molecule has 0 aromatic heterocycles. The number of hydrogen-bond acceptors (Lipinski definition) is 5. The van der Waals surface area contributed by atoms with Gasteiger partial charge in [0.1, 0.15) is 0 Å². The van der Waals surface area contributed by atoms with Gasteiger partial charge in [0, 0.05) is 5.56 Å². The minimum atomic E-state index is -3.95. The predicted octanol–water partition coefficient (Wildman–Crippen LogP) is 2.87. The zero-order valence-electron chi connectivity index (χ0n) is 13.3.